The summed E-state index contributed by atoms with van der Waals surface area (Å²) < 4.78 is 44.6. The zero-order chi connectivity index (χ0) is 25.8. The maximum Gasteiger partial charge on any atom is 0.433 e. The Kier molecular flexibility index (Phi) is 6.21. The minimum Gasteiger partial charge on any atom is -0.365 e. The molecule has 0 aliphatic rings. The Balaban J connectivity index is 1.94. The van der Waals surface area contributed by atoms with Crippen molar-refractivity contribution in [2.75, 3.05) is 5.32 Å². The molecule has 9 nitrogen and oxygen atoms in total. The number of carbonyl (C=O) groups is 2. The zero-order valence-corrected chi connectivity index (χ0v) is 21.3. The number of alkyl halides is 3. The molecule has 3 N–H and O–H groups in total. The first-order valence-corrected chi connectivity index (χ1v) is 11.8. The number of carbonyl (C=O) groups excluding carboxylic acids is 2. The van der Waals surface area contributed by atoms with Gasteiger partial charge in [0.1, 0.15) is 21.4 Å². The third-order valence-electron chi connectivity index (χ3n) is 5.58. The largest absolute Gasteiger partial charge is 0.433 e. The summed E-state index contributed by atoms with van der Waals surface area (Å²) in [6, 6.07) is 0.0818. The maximum absolute atomic E-state index is 13.7. The number of anilines is 1. The van der Waals surface area contributed by atoms with Gasteiger partial charge in [0, 0.05) is 29.9 Å². The maximum atomic E-state index is 13.7. The molecule has 0 fully saturated rings. The molecule has 1 unspecified atom stereocenters. The SMILES string of the molecule is Cc1nn(C(C)C(=O)Nc2c(C(N)=O)sc3nc(C(F)(F)F)cc(-c4cnn(C)c4C)c23)cc1Br. The van der Waals surface area contributed by atoms with Crippen molar-refractivity contribution in [1.82, 2.24) is 24.5 Å². The van der Waals surface area contributed by atoms with E-state index >= 15 is 0 Å². The highest BCUT2D eigenvalue weighted by molar-refractivity contribution is 9.10. The van der Waals surface area contributed by atoms with Gasteiger partial charge in [0.2, 0.25) is 5.91 Å². The Labute approximate surface area is 209 Å². The van der Waals surface area contributed by atoms with Crippen LogP contribution in [0.3, 0.4) is 0 Å². The molecule has 0 aliphatic heterocycles. The van der Waals surface area contributed by atoms with Crippen molar-refractivity contribution in [3.63, 3.8) is 0 Å². The van der Waals surface area contributed by atoms with Crippen LogP contribution in [0.4, 0.5) is 18.9 Å². The lowest BCUT2D eigenvalue weighted by molar-refractivity contribution is -0.140. The van der Waals surface area contributed by atoms with Gasteiger partial charge in [-0.15, -0.1) is 11.3 Å². The van der Waals surface area contributed by atoms with Gasteiger partial charge in [-0.05, 0) is 48.3 Å². The van der Waals surface area contributed by atoms with E-state index < -0.39 is 29.7 Å². The van der Waals surface area contributed by atoms with Crippen LogP contribution >= 0.6 is 27.3 Å². The highest BCUT2D eigenvalue weighted by atomic mass is 79.9. The molecule has 35 heavy (non-hydrogen) atoms. The number of nitrogens with zero attached hydrogens (tertiary/aromatic N) is 5. The summed E-state index contributed by atoms with van der Waals surface area (Å²) in [5.74, 6) is -1.45. The number of nitrogens with two attached hydrogens (primary N) is 1. The van der Waals surface area contributed by atoms with Crippen LogP contribution in [0.15, 0.2) is 22.9 Å². The summed E-state index contributed by atoms with van der Waals surface area (Å²) in [5.41, 5.74) is 6.17. The Hall–Kier alpha value is -3.26. The van der Waals surface area contributed by atoms with Crippen molar-refractivity contribution in [3.05, 3.63) is 44.9 Å². The molecule has 4 heterocycles. The second kappa shape index (κ2) is 8.75. The van der Waals surface area contributed by atoms with E-state index in [1.54, 1.807) is 34.0 Å². The third-order valence-corrected chi connectivity index (χ3v) is 7.46. The lowest BCUT2D eigenvalue weighted by Gasteiger charge is -2.15. The van der Waals surface area contributed by atoms with Crippen LogP contribution in [-0.4, -0.2) is 36.4 Å². The fourth-order valence-electron chi connectivity index (χ4n) is 3.52. The first kappa shape index (κ1) is 24.9. The van der Waals surface area contributed by atoms with E-state index in [-0.39, 0.29) is 26.3 Å². The Morgan fingerprint density at radius 1 is 1.26 bits per heavy atom. The monoisotopic (exact) mass is 569 g/mol. The van der Waals surface area contributed by atoms with E-state index in [0.717, 1.165) is 6.07 Å². The highest BCUT2D eigenvalue weighted by Gasteiger charge is 2.35. The van der Waals surface area contributed by atoms with Crippen LogP contribution in [0.5, 0.6) is 0 Å². The second-order valence-electron chi connectivity index (χ2n) is 7.88. The van der Waals surface area contributed by atoms with E-state index in [4.69, 9.17) is 5.73 Å². The lowest BCUT2D eigenvalue weighted by Crippen LogP contribution is -2.25. The molecular weight excluding hydrogens is 551 g/mol. The van der Waals surface area contributed by atoms with Gasteiger partial charge in [0.25, 0.3) is 5.91 Å². The van der Waals surface area contributed by atoms with Gasteiger partial charge in [-0.2, -0.15) is 23.4 Å². The molecule has 2 amide bonds. The van der Waals surface area contributed by atoms with Gasteiger partial charge in [-0.1, -0.05) is 0 Å². The smallest absolute Gasteiger partial charge is 0.365 e. The number of hydrogen-bond acceptors (Lipinski definition) is 6. The molecule has 0 aromatic carbocycles. The molecule has 4 aromatic rings. The predicted octanol–water partition coefficient (Wildman–Crippen LogP) is 4.59. The molecule has 0 spiro atoms. The summed E-state index contributed by atoms with van der Waals surface area (Å²) in [6.45, 7) is 5.05. The van der Waals surface area contributed by atoms with Crippen LogP contribution in [0.2, 0.25) is 0 Å². The highest BCUT2D eigenvalue weighted by Crippen LogP contribution is 2.44. The van der Waals surface area contributed by atoms with Crippen LogP contribution in [0, 0.1) is 13.8 Å². The number of nitrogens with one attached hydrogen (secondary N) is 1. The van der Waals surface area contributed by atoms with E-state index in [0.29, 0.717) is 32.8 Å². The number of thiophene rings is 1. The van der Waals surface area contributed by atoms with Crippen molar-refractivity contribution in [2.24, 2.45) is 12.8 Å². The van der Waals surface area contributed by atoms with Gasteiger partial charge in [0.05, 0.1) is 22.1 Å². The van der Waals surface area contributed by atoms with E-state index in [1.165, 1.54) is 15.6 Å². The summed E-state index contributed by atoms with van der Waals surface area (Å²) in [6.07, 6.45) is -1.69. The molecule has 4 rings (SSSR count). The lowest BCUT2D eigenvalue weighted by atomic mass is 10.0. The Bertz CT molecular complexity index is 1470. The number of fused-ring (bicyclic) bond motifs is 1. The molecule has 1 atom stereocenters. The number of primary amides is 1. The van der Waals surface area contributed by atoms with Gasteiger partial charge >= 0.3 is 6.18 Å². The standard InChI is InChI=1S/C21H19BrF3N7O2S/c1-8-13(22)7-32(30-8)10(3)19(34)29-16-15-11(12-6-27-31(4)9(12)2)5-14(21(23,24)25)28-20(15)35-17(16)18(26)33/h5-7,10H,1-4H3,(H2,26,33)(H,29,34). The quantitative estimate of drug-likeness (QED) is 0.364. The molecule has 0 bridgehead atoms. The van der Waals surface area contributed by atoms with E-state index in [1.807, 2.05) is 0 Å². The third kappa shape index (κ3) is 4.43. The summed E-state index contributed by atoms with van der Waals surface area (Å²) in [7, 11) is 1.65. The van der Waals surface area contributed by atoms with Crippen LogP contribution in [0.1, 0.15) is 39.7 Å². The van der Waals surface area contributed by atoms with Crippen molar-refractivity contribution in [1.29, 1.82) is 0 Å². The Morgan fingerprint density at radius 3 is 2.46 bits per heavy atom. The number of halogens is 4. The summed E-state index contributed by atoms with van der Waals surface area (Å²) in [5, 5.41) is 11.3. The van der Waals surface area contributed by atoms with Gasteiger partial charge in [-0.25, -0.2) is 4.98 Å². The molecular formula is C21H19BrF3N7O2S. The average Bonchev–Trinajstić information content (AvgIpc) is 3.42. The van der Waals surface area contributed by atoms with Crippen LogP contribution < -0.4 is 11.1 Å². The average molecular weight is 570 g/mol. The van der Waals surface area contributed by atoms with Crippen molar-refractivity contribution >= 4 is 55.0 Å². The molecule has 0 saturated carbocycles. The number of pyridine rings is 1. The number of aromatic nitrogens is 5. The summed E-state index contributed by atoms with van der Waals surface area (Å²) in [4.78, 5) is 28.9. The topological polar surface area (TPSA) is 121 Å². The van der Waals surface area contributed by atoms with Gasteiger partial charge in [-0.3, -0.25) is 19.0 Å². The predicted molar refractivity (Wildman–Crippen MR) is 128 cm³/mol. The van der Waals surface area contributed by atoms with Crippen LogP contribution in [0.25, 0.3) is 21.3 Å². The van der Waals surface area contributed by atoms with Gasteiger partial charge in [0.15, 0.2) is 0 Å². The molecule has 184 valence electrons. The number of rotatable bonds is 5. The molecule has 4 aromatic heterocycles. The summed E-state index contributed by atoms with van der Waals surface area (Å²) >= 11 is 4.02. The van der Waals surface area contributed by atoms with Crippen molar-refractivity contribution in [3.8, 4) is 11.1 Å². The minimum absolute atomic E-state index is 0.00299. The van der Waals surface area contributed by atoms with Crippen molar-refractivity contribution in [2.45, 2.75) is 33.0 Å². The first-order valence-electron chi connectivity index (χ1n) is 10.1. The first-order chi connectivity index (χ1) is 16.3. The molecule has 14 heteroatoms. The van der Waals surface area contributed by atoms with Gasteiger partial charge < -0.3 is 11.1 Å². The fraction of sp³-hybridized carbons (Fsp3) is 0.286. The van der Waals surface area contributed by atoms with E-state index in [9.17, 15) is 22.8 Å². The Morgan fingerprint density at radius 2 is 1.94 bits per heavy atom. The zero-order valence-electron chi connectivity index (χ0n) is 18.9. The second-order valence-corrected chi connectivity index (χ2v) is 9.73. The molecule has 0 radical (unpaired) electrons. The number of aryl methyl sites for hydroxylation is 2. The van der Waals surface area contributed by atoms with E-state index in [2.05, 4.69) is 36.4 Å². The number of hydrogen-bond donors (Lipinski definition) is 2. The van der Waals surface area contributed by atoms with Crippen molar-refractivity contribution < 1.29 is 22.8 Å². The fourth-order valence-corrected chi connectivity index (χ4v) is 4.81. The molecule has 0 aliphatic carbocycles. The minimum atomic E-state index is -4.74. The van der Waals surface area contributed by atoms with Crippen LogP contribution in [-0.2, 0) is 18.0 Å². The number of amides is 2. The normalized spacial score (nSPS) is 12.8. The molecule has 0 saturated heterocycles.